The lowest BCUT2D eigenvalue weighted by Crippen LogP contribution is -2.67. The van der Waals surface area contributed by atoms with Crippen molar-refractivity contribution in [3.05, 3.63) is 0 Å². The van der Waals surface area contributed by atoms with E-state index in [0.29, 0.717) is 0 Å². The summed E-state index contributed by atoms with van der Waals surface area (Å²) in [5.74, 6) is 0. The molecule has 0 aromatic rings. The second kappa shape index (κ2) is 9.04. The molecule has 3 fully saturated rings. The lowest BCUT2D eigenvalue weighted by Gasteiger charge is -2.50. The van der Waals surface area contributed by atoms with Crippen LogP contribution in [0.15, 0.2) is 0 Å². The molecular weight excluding hydrogens is 244 g/mol. The molecule has 2 nitrogen and oxygen atoms in total. The summed E-state index contributed by atoms with van der Waals surface area (Å²) in [5, 5.41) is 0. The lowest BCUT2D eigenvalue weighted by molar-refractivity contribution is -0.941. The Labute approximate surface area is 127 Å². The van der Waals surface area contributed by atoms with Crippen molar-refractivity contribution in [2.45, 2.75) is 71.1 Å². The van der Waals surface area contributed by atoms with E-state index in [1.54, 1.807) is 0 Å². The molecule has 2 bridgehead atoms. The molecule has 3 saturated heterocycles. The molecule has 0 aromatic heterocycles. The van der Waals surface area contributed by atoms with Crippen molar-refractivity contribution in [1.82, 2.24) is 4.90 Å². The molecule has 3 aliphatic rings. The summed E-state index contributed by atoms with van der Waals surface area (Å²) < 4.78 is 1.47. The van der Waals surface area contributed by atoms with E-state index in [-0.39, 0.29) is 0 Å². The van der Waals surface area contributed by atoms with Gasteiger partial charge in [0.25, 0.3) is 0 Å². The highest BCUT2D eigenvalue weighted by Gasteiger charge is 2.37. The number of nitrogens with zero attached hydrogens (tertiary/aromatic N) is 2. The zero-order valence-corrected chi connectivity index (χ0v) is 13.9. The smallest absolute Gasteiger partial charge is 0.0916 e. The number of fused-ring (bicyclic) bond motifs is 3. The molecule has 0 atom stereocenters. The molecule has 0 aliphatic carbocycles. The molecule has 0 N–H and O–H groups in total. The Kier molecular flexibility index (Phi) is 7.37. The number of unbranched alkanes of at least 4 members (excludes halogenated alkanes) is 9. The van der Waals surface area contributed by atoms with Crippen LogP contribution >= 0.6 is 0 Å². The van der Waals surface area contributed by atoms with Gasteiger partial charge in [-0.2, -0.15) is 0 Å². The molecular formula is C18H37N2+. The number of rotatable bonds is 11. The van der Waals surface area contributed by atoms with E-state index in [1.807, 2.05) is 0 Å². The van der Waals surface area contributed by atoms with Crippen LogP contribution in [0.5, 0.6) is 0 Å². The second-order valence-electron chi connectivity index (χ2n) is 7.26. The molecule has 0 saturated carbocycles. The molecule has 0 unspecified atom stereocenters. The van der Waals surface area contributed by atoms with Gasteiger partial charge in [-0.3, -0.25) is 4.90 Å². The van der Waals surface area contributed by atoms with Gasteiger partial charge < -0.3 is 4.48 Å². The minimum absolute atomic E-state index is 1.37. The topological polar surface area (TPSA) is 3.24 Å². The maximum absolute atomic E-state index is 2.65. The Morgan fingerprint density at radius 3 is 1.60 bits per heavy atom. The maximum atomic E-state index is 2.65. The van der Waals surface area contributed by atoms with E-state index in [1.165, 1.54) is 115 Å². The minimum atomic E-state index is 1.37. The Morgan fingerprint density at radius 2 is 1.10 bits per heavy atom. The van der Waals surface area contributed by atoms with Crippen LogP contribution in [-0.4, -0.2) is 55.2 Å². The van der Waals surface area contributed by atoms with E-state index >= 15 is 0 Å². The first-order chi connectivity index (χ1) is 9.85. The number of hydrogen-bond acceptors (Lipinski definition) is 1. The number of quaternary nitrogens is 1. The summed E-state index contributed by atoms with van der Waals surface area (Å²) in [6, 6.07) is 0. The fraction of sp³-hybridized carbons (Fsp3) is 1.00. The Hall–Kier alpha value is -0.0800. The second-order valence-corrected chi connectivity index (χ2v) is 7.26. The van der Waals surface area contributed by atoms with Gasteiger partial charge in [-0.25, -0.2) is 0 Å². The molecule has 3 aliphatic heterocycles. The molecule has 0 aromatic carbocycles. The molecule has 118 valence electrons. The fourth-order valence-electron chi connectivity index (χ4n) is 4.00. The van der Waals surface area contributed by atoms with Gasteiger partial charge in [0.1, 0.15) is 0 Å². The van der Waals surface area contributed by atoms with Crippen LogP contribution in [0.1, 0.15) is 71.1 Å². The van der Waals surface area contributed by atoms with E-state index in [0.717, 1.165) is 0 Å². The number of piperazine rings is 3. The van der Waals surface area contributed by atoms with E-state index in [4.69, 9.17) is 0 Å². The first-order valence-electron chi connectivity index (χ1n) is 9.42. The lowest BCUT2D eigenvalue weighted by atomic mass is 10.1. The van der Waals surface area contributed by atoms with Gasteiger partial charge in [0.2, 0.25) is 0 Å². The minimum Gasteiger partial charge on any atom is -0.320 e. The third kappa shape index (κ3) is 5.37. The summed E-state index contributed by atoms with van der Waals surface area (Å²) in [4.78, 5) is 2.65. The summed E-state index contributed by atoms with van der Waals surface area (Å²) in [6.07, 6.45) is 14.7. The quantitative estimate of drug-likeness (QED) is 0.408. The van der Waals surface area contributed by atoms with Crippen LogP contribution in [0.25, 0.3) is 0 Å². The van der Waals surface area contributed by atoms with Gasteiger partial charge in [-0.1, -0.05) is 58.3 Å². The van der Waals surface area contributed by atoms with Crippen LogP contribution in [0.4, 0.5) is 0 Å². The van der Waals surface area contributed by atoms with Crippen molar-refractivity contribution >= 4 is 0 Å². The molecule has 3 rings (SSSR count). The monoisotopic (exact) mass is 281 g/mol. The molecule has 0 amide bonds. The molecule has 0 radical (unpaired) electrons. The Bertz CT molecular complexity index is 230. The third-order valence-corrected chi connectivity index (χ3v) is 5.66. The summed E-state index contributed by atoms with van der Waals surface area (Å²) in [6.45, 7) is 12.2. The van der Waals surface area contributed by atoms with Gasteiger partial charge in [-0.05, 0) is 12.8 Å². The zero-order valence-electron chi connectivity index (χ0n) is 13.9. The van der Waals surface area contributed by atoms with Crippen LogP contribution in [-0.2, 0) is 0 Å². The highest BCUT2D eigenvalue weighted by Crippen LogP contribution is 2.21. The summed E-state index contributed by atoms with van der Waals surface area (Å²) in [7, 11) is 0. The fourth-order valence-corrected chi connectivity index (χ4v) is 4.00. The van der Waals surface area contributed by atoms with Gasteiger partial charge >= 0.3 is 0 Å². The first-order valence-corrected chi connectivity index (χ1v) is 9.42. The van der Waals surface area contributed by atoms with Crippen LogP contribution in [0.3, 0.4) is 0 Å². The van der Waals surface area contributed by atoms with Gasteiger partial charge in [0.05, 0.1) is 26.2 Å². The Morgan fingerprint density at radius 1 is 0.650 bits per heavy atom. The first kappa shape index (κ1) is 16.3. The summed E-state index contributed by atoms with van der Waals surface area (Å²) >= 11 is 0. The largest absolute Gasteiger partial charge is 0.320 e. The van der Waals surface area contributed by atoms with Crippen LogP contribution in [0.2, 0.25) is 0 Å². The van der Waals surface area contributed by atoms with Gasteiger partial charge in [0, 0.05) is 19.6 Å². The molecule has 20 heavy (non-hydrogen) atoms. The molecule has 0 spiro atoms. The average molecular weight is 282 g/mol. The van der Waals surface area contributed by atoms with Gasteiger partial charge in [0.15, 0.2) is 0 Å². The SMILES string of the molecule is CCCCCCCCCCCC[N+]12CCN(CC1)CC2. The Balaban J connectivity index is 1.40. The normalized spacial score (nSPS) is 28.9. The predicted molar refractivity (Wildman–Crippen MR) is 88.0 cm³/mol. The predicted octanol–water partition coefficient (Wildman–Crippen LogP) is 4.05. The van der Waals surface area contributed by atoms with Crippen molar-refractivity contribution in [2.24, 2.45) is 0 Å². The summed E-state index contributed by atoms with van der Waals surface area (Å²) in [5.41, 5.74) is 0. The molecule has 2 heteroatoms. The third-order valence-electron chi connectivity index (χ3n) is 5.66. The maximum Gasteiger partial charge on any atom is 0.0916 e. The standard InChI is InChI=1S/C18H37N2/c1-2-3-4-5-6-7-8-9-10-11-15-20-16-12-19(13-17-20)14-18-20/h2-18H2,1H3/q+1. The van der Waals surface area contributed by atoms with Crippen molar-refractivity contribution < 1.29 is 4.48 Å². The van der Waals surface area contributed by atoms with Crippen molar-refractivity contribution in [3.8, 4) is 0 Å². The van der Waals surface area contributed by atoms with E-state index in [9.17, 15) is 0 Å². The van der Waals surface area contributed by atoms with Crippen molar-refractivity contribution in [2.75, 3.05) is 45.8 Å². The van der Waals surface area contributed by atoms with Crippen LogP contribution in [0, 0.1) is 0 Å². The van der Waals surface area contributed by atoms with Crippen molar-refractivity contribution in [3.63, 3.8) is 0 Å². The molecule has 3 heterocycles. The zero-order chi connectivity index (χ0) is 14.1. The van der Waals surface area contributed by atoms with E-state index < -0.39 is 0 Å². The number of hydrogen-bond donors (Lipinski definition) is 0. The van der Waals surface area contributed by atoms with E-state index in [2.05, 4.69) is 11.8 Å². The van der Waals surface area contributed by atoms with Crippen LogP contribution < -0.4 is 0 Å². The average Bonchev–Trinajstić information content (AvgIpc) is 2.51. The van der Waals surface area contributed by atoms with Crippen molar-refractivity contribution in [1.29, 1.82) is 0 Å². The highest BCUT2D eigenvalue weighted by atomic mass is 15.4. The van der Waals surface area contributed by atoms with Gasteiger partial charge in [-0.15, -0.1) is 0 Å². The highest BCUT2D eigenvalue weighted by molar-refractivity contribution is 4.70.